The van der Waals surface area contributed by atoms with E-state index in [1.54, 1.807) is 0 Å². The van der Waals surface area contributed by atoms with Gasteiger partial charge in [0.25, 0.3) is 0 Å². The van der Waals surface area contributed by atoms with Crippen LogP contribution >= 0.6 is 0 Å². The highest BCUT2D eigenvalue weighted by Crippen LogP contribution is 2.13. The van der Waals surface area contributed by atoms with Gasteiger partial charge in [-0.15, -0.1) is 0 Å². The third kappa shape index (κ3) is 2.32. The smallest absolute Gasteiger partial charge is 0.218 e. The van der Waals surface area contributed by atoms with Gasteiger partial charge < -0.3 is 9.53 Å². The Kier molecular flexibility index (Phi) is 3.64. The summed E-state index contributed by atoms with van der Waals surface area (Å²) in [6.45, 7) is 2.30. The molecule has 1 unspecified atom stereocenters. The van der Waals surface area contributed by atoms with Crippen LogP contribution in [0, 0.1) is 5.92 Å². The Labute approximate surface area is 83.4 Å². The van der Waals surface area contributed by atoms with E-state index in [-0.39, 0.29) is 4.86 Å². The van der Waals surface area contributed by atoms with E-state index < -0.39 is 16.2 Å². The van der Waals surface area contributed by atoms with Crippen molar-refractivity contribution in [3.8, 4) is 0 Å². The van der Waals surface area contributed by atoms with Crippen molar-refractivity contribution in [2.75, 3.05) is 6.61 Å². The minimum absolute atomic E-state index is 0.0726. The first-order chi connectivity index (χ1) is 6.69. The van der Waals surface area contributed by atoms with E-state index in [2.05, 4.69) is 0 Å². The fourth-order valence-electron chi connectivity index (χ4n) is 1.13. The summed E-state index contributed by atoms with van der Waals surface area (Å²) in [5, 5.41) is 0. The maximum Gasteiger partial charge on any atom is 0.218 e. The monoisotopic (exact) mass is 214 g/mol. The van der Waals surface area contributed by atoms with Crippen LogP contribution in [-0.4, -0.2) is 26.2 Å². The predicted octanol–water partition coefficient (Wildman–Crippen LogP) is 0.343. The molecule has 0 radical (unpaired) electrons. The zero-order chi connectivity index (χ0) is 10.6. The molecule has 4 nitrogen and oxygen atoms in total. The first-order valence-corrected chi connectivity index (χ1v) is 5.20. The van der Waals surface area contributed by atoms with Crippen molar-refractivity contribution < 1.29 is 17.9 Å². The fourth-order valence-corrected chi connectivity index (χ4v) is 1.65. The lowest BCUT2D eigenvalue weighted by atomic mass is 10.0. The van der Waals surface area contributed by atoms with E-state index >= 15 is 0 Å². The molecule has 0 bridgehead atoms. The van der Waals surface area contributed by atoms with Gasteiger partial charge in [0.1, 0.15) is 12.0 Å². The standard InChI is InChI=1S/C9H10O4S/c1-2-13-8-3-4-9(14(11)12)7(5-8)6-10/h3-7H,2H2,1H3. The summed E-state index contributed by atoms with van der Waals surface area (Å²) in [6.07, 6.45) is 4.98. The van der Waals surface area contributed by atoms with Crippen molar-refractivity contribution in [2.45, 2.75) is 6.92 Å². The molecular formula is C9H10O4S. The third-order valence-electron chi connectivity index (χ3n) is 1.73. The number of hydrogen-bond donors (Lipinski definition) is 0. The minimum atomic E-state index is -2.35. The summed E-state index contributed by atoms with van der Waals surface area (Å²) in [7, 11) is -2.35. The molecule has 0 saturated heterocycles. The van der Waals surface area contributed by atoms with Gasteiger partial charge in [-0.25, -0.2) is 0 Å². The van der Waals surface area contributed by atoms with E-state index in [0.29, 0.717) is 18.7 Å². The molecule has 0 aromatic carbocycles. The van der Waals surface area contributed by atoms with Gasteiger partial charge in [0.05, 0.1) is 17.4 Å². The third-order valence-corrected chi connectivity index (χ3v) is 2.53. The van der Waals surface area contributed by atoms with Gasteiger partial charge in [0.15, 0.2) is 0 Å². The van der Waals surface area contributed by atoms with Crippen LogP contribution in [0.5, 0.6) is 0 Å². The van der Waals surface area contributed by atoms with Crippen molar-refractivity contribution in [3.05, 3.63) is 24.0 Å². The van der Waals surface area contributed by atoms with Crippen LogP contribution in [0.25, 0.3) is 0 Å². The topological polar surface area (TPSA) is 60.4 Å². The van der Waals surface area contributed by atoms with Gasteiger partial charge in [0, 0.05) is 0 Å². The lowest BCUT2D eigenvalue weighted by Crippen LogP contribution is -2.16. The van der Waals surface area contributed by atoms with Gasteiger partial charge in [-0.1, -0.05) is 0 Å². The maximum atomic E-state index is 10.7. The number of aldehydes is 1. The highest BCUT2D eigenvalue weighted by molar-refractivity contribution is 7.73. The zero-order valence-electron chi connectivity index (χ0n) is 7.64. The second-order valence-corrected chi connectivity index (χ2v) is 3.58. The van der Waals surface area contributed by atoms with E-state index in [4.69, 9.17) is 4.74 Å². The number of hydrogen-bond acceptors (Lipinski definition) is 4. The predicted molar refractivity (Wildman–Crippen MR) is 52.3 cm³/mol. The van der Waals surface area contributed by atoms with Crippen LogP contribution in [0.4, 0.5) is 0 Å². The Morgan fingerprint density at radius 3 is 2.71 bits per heavy atom. The quantitative estimate of drug-likeness (QED) is 0.502. The molecule has 1 rings (SSSR count). The van der Waals surface area contributed by atoms with Gasteiger partial charge in [-0.3, -0.25) is 0 Å². The van der Waals surface area contributed by atoms with Crippen molar-refractivity contribution in [1.82, 2.24) is 0 Å². The van der Waals surface area contributed by atoms with Crippen molar-refractivity contribution in [3.63, 3.8) is 0 Å². The largest absolute Gasteiger partial charge is 0.494 e. The van der Waals surface area contributed by atoms with E-state index in [1.165, 1.54) is 18.2 Å². The number of carbonyl (C=O) groups is 1. The molecule has 0 fully saturated rings. The lowest BCUT2D eigenvalue weighted by Gasteiger charge is -2.11. The Balaban J connectivity index is 3.03. The summed E-state index contributed by atoms with van der Waals surface area (Å²) in [4.78, 5) is 10.7. The highest BCUT2D eigenvalue weighted by Gasteiger charge is 2.17. The average Bonchev–Trinajstić information content (AvgIpc) is 2.17. The van der Waals surface area contributed by atoms with Crippen LogP contribution in [0.2, 0.25) is 0 Å². The van der Waals surface area contributed by atoms with Crippen molar-refractivity contribution in [1.29, 1.82) is 0 Å². The summed E-state index contributed by atoms with van der Waals surface area (Å²) >= 11 is 0. The van der Waals surface area contributed by atoms with Gasteiger partial charge in [0.2, 0.25) is 10.3 Å². The molecule has 1 aliphatic rings. The summed E-state index contributed by atoms with van der Waals surface area (Å²) in [6, 6.07) is 0. The molecule has 76 valence electrons. The molecule has 0 aromatic rings. The summed E-state index contributed by atoms with van der Waals surface area (Å²) in [5.74, 6) is -0.196. The van der Waals surface area contributed by atoms with Crippen LogP contribution in [0.1, 0.15) is 6.92 Å². The molecular weight excluding hydrogens is 204 g/mol. The van der Waals surface area contributed by atoms with E-state index in [1.807, 2.05) is 6.92 Å². The second kappa shape index (κ2) is 4.76. The first-order valence-electron chi connectivity index (χ1n) is 4.13. The van der Waals surface area contributed by atoms with Crippen LogP contribution in [0.3, 0.4) is 0 Å². The molecule has 0 heterocycles. The average molecular weight is 214 g/mol. The minimum Gasteiger partial charge on any atom is -0.494 e. The van der Waals surface area contributed by atoms with Crippen LogP contribution < -0.4 is 0 Å². The zero-order valence-corrected chi connectivity index (χ0v) is 8.45. The molecule has 14 heavy (non-hydrogen) atoms. The Bertz CT molecular complexity index is 406. The molecule has 5 heteroatoms. The molecule has 0 aromatic heterocycles. The lowest BCUT2D eigenvalue weighted by molar-refractivity contribution is -0.108. The van der Waals surface area contributed by atoms with Gasteiger partial charge in [-0.05, 0) is 25.2 Å². The molecule has 0 aliphatic heterocycles. The van der Waals surface area contributed by atoms with E-state index in [9.17, 15) is 13.2 Å². The number of carbonyl (C=O) groups excluding carboxylic acids is 1. The first kappa shape index (κ1) is 10.7. The molecule has 0 amide bonds. The number of rotatable bonds is 3. The molecule has 1 atom stereocenters. The van der Waals surface area contributed by atoms with Crippen molar-refractivity contribution in [2.24, 2.45) is 5.92 Å². The summed E-state index contributed by atoms with van der Waals surface area (Å²) < 4.78 is 26.5. The number of ether oxygens (including phenoxy) is 1. The highest BCUT2D eigenvalue weighted by atomic mass is 32.2. The van der Waals surface area contributed by atoms with Gasteiger partial charge >= 0.3 is 0 Å². The number of allylic oxidation sites excluding steroid dienone is 3. The normalized spacial score (nSPS) is 20.2. The fraction of sp³-hybridized carbons (Fsp3) is 0.333. The molecule has 1 aliphatic carbocycles. The van der Waals surface area contributed by atoms with E-state index in [0.717, 1.165) is 0 Å². The molecule has 0 N–H and O–H groups in total. The van der Waals surface area contributed by atoms with Crippen LogP contribution in [0.15, 0.2) is 24.0 Å². The Morgan fingerprint density at radius 2 is 2.21 bits per heavy atom. The Hall–Kier alpha value is -1.36. The van der Waals surface area contributed by atoms with Crippen molar-refractivity contribution >= 4 is 21.4 Å². The van der Waals surface area contributed by atoms with Gasteiger partial charge in [-0.2, -0.15) is 8.42 Å². The second-order valence-electron chi connectivity index (χ2n) is 2.63. The molecule has 0 spiro atoms. The summed E-state index contributed by atoms with van der Waals surface area (Å²) in [5.41, 5.74) is 0. The maximum absolute atomic E-state index is 10.7. The van der Waals surface area contributed by atoms with Crippen LogP contribution in [-0.2, 0) is 19.8 Å². The molecule has 0 saturated carbocycles. The Morgan fingerprint density at radius 1 is 1.50 bits per heavy atom. The SMILES string of the molecule is CCOC1=CC(C=O)C(=S(=O)=O)C=C1.